The number of rotatable bonds is 7. The van der Waals surface area contributed by atoms with Crippen LogP contribution in [0.3, 0.4) is 0 Å². The number of phenolic OH excluding ortho intramolecular Hbond substituents is 1. The van der Waals surface area contributed by atoms with Crippen LogP contribution in [0.4, 0.5) is 0 Å². The molecular formula is C21H22N2O5. The highest BCUT2D eigenvalue weighted by Gasteiger charge is 2.24. The molecule has 3 N–H and O–H groups in total. The second-order valence-electron chi connectivity index (χ2n) is 6.31. The highest BCUT2D eigenvalue weighted by atomic mass is 16.5. The van der Waals surface area contributed by atoms with E-state index in [1.807, 2.05) is 30.5 Å². The van der Waals surface area contributed by atoms with Crippen molar-refractivity contribution in [1.82, 2.24) is 10.3 Å². The van der Waals surface area contributed by atoms with Gasteiger partial charge in [-0.15, -0.1) is 0 Å². The number of fused-ring (bicyclic) bond motifs is 1. The van der Waals surface area contributed by atoms with E-state index >= 15 is 0 Å². The Hall–Kier alpha value is -3.48. The van der Waals surface area contributed by atoms with Crippen LogP contribution >= 0.6 is 0 Å². The minimum absolute atomic E-state index is 0.123. The van der Waals surface area contributed by atoms with Crippen molar-refractivity contribution in [1.29, 1.82) is 0 Å². The van der Waals surface area contributed by atoms with Gasteiger partial charge in [0.25, 0.3) is 0 Å². The molecule has 0 fully saturated rings. The van der Waals surface area contributed by atoms with Crippen LogP contribution in [0.5, 0.6) is 11.5 Å². The number of ether oxygens (including phenoxy) is 2. The van der Waals surface area contributed by atoms with Crippen LogP contribution in [0.15, 0.2) is 48.7 Å². The number of nitrogens with one attached hydrogen (secondary N) is 2. The molecule has 28 heavy (non-hydrogen) atoms. The molecule has 0 aliphatic carbocycles. The number of carbonyl (C=O) groups is 2. The largest absolute Gasteiger partial charge is 0.504 e. The molecule has 1 atom stereocenters. The maximum Gasteiger partial charge on any atom is 0.333 e. The molecule has 0 saturated carbocycles. The first-order chi connectivity index (χ1) is 13.5. The molecule has 3 aromatic rings. The number of aryl methyl sites for hydroxylation is 1. The van der Waals surface area contributed by atoms with E-state index < -0.39 is 12.0 Å². The van der Waals surface area contributed by atoms with E-state index in [1.165, 1.54) is 26.4 Å². The van der Waals surface area contributed by atoms with Gasteiger partial charge in [0.05, 0.1) is 14.2 Å². The fraction of sp³-hybridized carbons (Fsp3) is 0.238. The summed E-state index contributed by atoms with van der Waals surface area (Å²) >= 11 is 0. The van der Waals surface area contributed by atoms with Crippen LogP contribution in [0.1, 0.15) is 23.6 Å². The zero-order chi connectivity index (χ0) is 20.1. The van der Waals surface area contributed by atoms with E-state index in [2.05, 4.69) is 10.3 Å². The van der Waals surface area contributed by atoms with Gasteiger partial charge in [-0.05, 0) is 35.7 Å². The third-order valence-corrected chi connectivity index (χ3v) is 4.57. The predicted octanol–water partition coefficient (Wildman–Crippen LogP) is 2.85. The average molecular weight is 382 g/mol. The van der Waals surface area contributed by atoms with Gasteiger partial charge in [-0.2, -0.15) is 0 Å². The summed E-state index contributed by atoms with van der Waals surface area (Å²) in [5, 5.41) is 13.7. The first-order valence-corrected chi connectivity index (χ1v) is 8.82. The van der Waals surface area contributed by atoms with Gasteiger partial charge in [-0.25, -0.2) is 4.79 Å². The van der Waals surface area contributed by atoms with Gasteiger partial charge in [-0.1, -0.05) is 24.3 Å². The summed E-state index contributed by atoms with van der Waals surface area (Å²) in [5.74, 6) is -0.763. The number of phenols is 1. The Kier molecular flexibility index (Phi) is 5.84. The number of aromatic nitrogens is 1. The first kappa shape index (κ1) is 19.3. The smallest absolute Gasteiger partial charge is 0.333 e. The van der Waals surface area contributed by atoms with Crippen molar-refractivity contribution in [3.05, 3.63) is 59.8 Å². The molecule has 1 aromatic heterocycles. The number of esters is 1. The third kappa shape index (κ3) is 4.09. The Balaban J connectivity index is 1.71. The Labute approximate surface area is 162 Å². The number of benzene rings is 2. The van der Waals surface area contributed by atoms with Crippen molar-refractivity contribution in [2.75, 3.05) is 14.2 Å². The topological polar surface area (TPSA) is 101 Å². The molecular weight excluding hydrogens is 360 g/mol. The van der Waals surface area contributed by atoms with Gasteiger partial charge in [-0.3, -0.25) is 4.79 Å². The Morgan fingerprint density at radius 1 is 1.18 bits per heavy atom. The summed E-state index contributed by atoms with van der Waals surface area (Å²) in [6, 6.07) is 11.3. The first-order valence-electron chi connectivity index (χ1n) is 8.82. The lowest BCUT2D eigenvalue weighted by atomic mass is 10.0. The number of para-hydroxylation sites is 1. The maximum atomic E-state index is 12.5. The molecule has 7 heteroatoms. The molecule has 1 amide bonds. The van der Waals surface area contributed by atoms with Crippen molar-refractivity contribution in [3.8, 4) is 11.5 Å². The van der Waals surface area contributed by atoms with Crippen LogP contribution in [-0.4, -0.2) is 36.2 Å². The predicted molar refractivity (Wildman–Crippen MR) is 104 cm³/mol. The van der Waals surface area contributed by atoms with E-state index in [0.29, 0.717) is 12.0 Å². The Bertz CT molecular complexity index is 995. The summed E-state index contributed by atoms with van der Waals surface area (Å²) in [5.41, 5.74) is 2.45. The second kappa shape index (κ2) is 8.47. The molecule has 0 saturated heterocycles. The van der Waals surface area contributed by atoms with Gasteiger partial charge < -0.3 is 24.9 Å². The van der Waals surface area contributed by atoms with Crippen molar-refractivity contribution >= 4 is 22.8 Å². The van der Waals surface area contributed by atoms with Crippen molar-refractivity contribution < 1.29 is 24.2 Å². The monoisotopic (exact) mass is 382 g/mol. The molecule has 0 spiro atoms. The normalized spacial score (nSPS) is 11.8. The number of hydrogen-bond acceptors (Lipinski definition) is 5. The highest BCUT2D eigenvalue weighted by Crippen LogP contribution is 2.29. The van der Waals surface area contributed by atoms with Crippen LogP contribution in [-0.2, 0) is 20.7 Å². The molecule has 0 aliphatic heterocycles. The highest BCUT2D eigenvalue weighted by molar-refractivity contribution is 5.87. The lowest BCUT2D eigenvalue weighted by molar-refractivity contribution is -0.145. The summed E-state index contributed by atoms with van der Waals surface area (Å²) in [4.78, 5) is 27.8. The van der Waals surface area contributed by atoms with Crippen molar-refractivity contribution in [3.63, 3.8) is 0 Å². The van der Waals surface area contributed by atoms with E-state index in [4.69, 9.17) is 9.47 Å². The minimum Gasteiger partial charge on any atom is -0.504 e. The second-order valence-corrected chi connectivity index (χ2v) is 6.31. The van der Waals surface area contributed by atoms with Crippen molar-refractivity contribution in [2.45, 2.75) is 18.9 Å². The van der Waals surface area contributed by atoms with Gasteiger partial charge in [0.1, 0.15) is 0 Å². The van der Waals surface area contributed by atoms with E-state index in [1.54, 1.807) is 6.07 Å². The van der Waals surface area contributed by atoms with Gasteiger partial charge in [0.2, 0.25) is 5.91 Å². The SMILES string of the molecule is COC(=O)C(NC(=O)CCc1c[nH]c2ccccc12)c1ccc(OC)c(O)c1. The summed E-state index contributed by atoms with van der Waals surface area (Å²) in [7, 11) is 2.68. The maximum absolute atomic E-state index is 12.5. The van der Waals surface area contributed by atoms with Crippen LogP contribution < -0.4 is 10.1 Å². The fourth-order valence-corrected chi connectivity index (χ4v) is 3.10. The van der Waals surface area contributed by atoms with Gasteiger partial charge >= 0.3 is 5.97 Å². The standard InChI is InChI=1S/C21H22N2O5/c1-27-18-9-7-13(11-17(18)24)20(21(26)28-2)23-19(25)10-8-14-12-22-16-6-4-3-5-15(14)16/h3-7,9,11-12,20,22,24H,8,10H2,1-2H3,(H,23,25). The molecule has 3 rings (SSSR count). The summed E-state index contributed by atoms with van der Waals surface area (Å²) < 4.78 is 9.81. The molecule has 1 heterocycles. The quantitative estimate of drug-likeness (QED) is 0.546. The number of hydrogen-bond donors (Lipinski definition) is 3. The van der Waals surface area contributed by atoms with E-state index in [-0.39, 0.29) is 23.8 Å². The average Bonchev–Trinajstić information content (AvgIpc) is 3.13. The molecule has 1 unspecified atom stereocenters. The number of aromatic amines is 1. The van der Waals surface area contributed by atoms with Crippen LogP contribution in [0.25, 0.3) is 10.9 Å². The zero-order valence-corrected chi connectivity index (χ0v) is 15.7. The number of amides is 1. The number of aromatic hydroxyl groups is 1. The molecule has 2 aromatic carbocycles. The molecule has 7 nitrogen and oxygen atoms in total. The minimum atomic E-state index is -1.02. The lowest BCUT2D eigenvalue weighted by Crippen LogP contribution is -2.34. The molecule has 146 valence electrons. The zero-order valence-electron chi connectivity index (χ0n) is 15.7. The number of carbonyl (C=O) groups excluding carboxylic acids is 2. The Morgan fingerprint density at radius 3 is 2.68 bits per heavy atom. The van der Waals surface area contributed by atoms with Gasteiger partial charge in [0.15, 0.2) is 17.5 Å². The molecule has 0 aliphatic rings. The number of methoxy groups -OCH3 is 2. The lowest BCUT2D eigenvalue weighted by Gasteiger charge is -2.17. The summed E-state index contributed by atoms with van der Waals surface area (Å²) in [6.45, 7) is 0. The number of H-pyrrole nitrogens is 1. The van der Waals surface area contributed by atoms with Crippen LogP contribution in [0.2, 0.25) is 0 Å². The van der Waals surface area contributed by atoms with E-state index in [0.717, 1.165) is 16.5 Å². The Morgan fingerprint density at radius 2 is 1.96 bits per heavy atom. The summed E-state index contributed by atoms with van der Waals surface area (Å²) in [6.07, 6.45) is 2.62. The van der Waals surface area contributed by atoms with Crippen molar-refractivity contribution in [2.24, 2.45) is 0 Å². The fourth-order valence-electron chi connectivity index (χ4n) is 3.10. The van der Waals surface area contributed by atoms with E-state index in [9.17, 15) is 14.7 Å². The molecule has 0 bridgehead atoms. The third-order valence-electron chi connectivity index (χ3n) is 4.57. The van der Waals surface area contributed by atoms with Crippen LogP contribution in [0, 0.1) is 0 Å². The molecule has 0 radical (unpaired) electrons. The van der Waals surface area contributed by atoms with Gasteiger partial charge in [0, 0.05) is 23.5 Å².